The number of halogens is 4. The monoisotopic (exact) mass is 440 g/mol. The molecule has 8 heteroatoms. The van der Waals surface area contributed by atoms with E-state index in [9.17, 15) is 9.18 Å². The third-order valence-corrected chi connectivity index (χ3v) is 4.32. The molecule has 110 valence electrons. The van der Waals surface area contributed by atoms with Crippen molar-refractivity contribution in [3.05, 3.63) is 43.3 Å². The molecule has 0 spiro atoms. The van der Waals surface area contributed by atoms with Crippen LogP contribution in [-0.2, 0) is 4.74 Å². The van der Waals surface area contributed by atoms with Crippen LogP contribution in [0.1, 0.15) is 10.5 Å². The highest BCUT2D eigenvalue weighted by molar-refractivity contribution is 14.1. The van der Waals surface area contributed by atoms with Gasteiger partial charge >= 0.3 is 5.97 Å². The van der Waals surface area contributed by atoms with Crippen molar-refractivity contribution in [1.29, 1.82) is 0 Å². The summed E-state index contributed by atoms with van der Waals surface area (Å²) in [6.07, 6.45) is 0. The molecule has 0 fully saturated rings. The Morgan fingerprint density at radius 2 is 2.05 bits per heavy atom. The summed E-state index contributed by atoms with van der Waals surface area (Å²) in [6.45, 7) is 0. The van der Waals surface area contributed by atoms with Gasteiger partial charge in [0.05, 0.1) is 28.5 Å². The number of rotatable bonds is 2. The van der Waals surface area contributed by atoms with Crippen LogP contribution in [0.5, 0.6) is 0 Å². The molecular weight excluding hydrogens is 433 g/mol. The van der Waals surface area contributed by atoms with Gasteiger partial charge in [-0.3, -0.25) is 0 Å². The lowest BCUT2D eigenvalue weighted by Gasteiger charge is -2.11. The average molecular weight is 441 g/mol. The summed E-state index contributed by atoms with van der Waals surface area (Å²) in [5.41, 5.74) is 6.13. The number of nitrogen functional groups attached to an aromatic ring is 1. The van der Waals surface area contributed by atoms with Gasteiger partial charge < -0.3 is 10.5 Å². The number of nitrogens with zero attached hydrogens (tertiary/aromatic N) is 1. The van der Waals surface area contributed by atoms with Gasteiger partial charge in [-0.2, -0.15) is 0 Å². The van der Waals surface area contributed by atoms with Crippen molar-refractivity contribution in [2.24, 2.45) is 0 Å². The summed E-state index contributed by atoms with van der Waals surface area (Å²) in [5, 5.41) is -0.0464. The number of anilines is 1. The Bertz CT molecular complexity index is 741. The number of carbonyl (C=O) groups excluding carboxylic acids is 1. The Hall–Kier alpha value is -1.12. The largest absolute Gasteiger partial charge is 0.464 e. The van der Waals surface area contributed by atoms with Gasteiger partial charge in [-0.25, -0.2) is 14.2 Å². The first-order valence-corrected chi connectivity index (χ1v) is 7.38. The summed E-state index contributed by atoms with van der Waals surface area (Å²) in [7, 11) is 1.19. The normalized spacial score (nSPS) is 10.5. The molecule has 2 N–H and O–H groups in total. The number of esters is 1. The van der Waals surface area contributed by atoms with Gasteiger partial charge in [-0.1, -0.05) is 29.3 Å². The molecule has 0 aliphatic rings. The van der Waals surface area contributed by atoms with Crippen molar-refractivity contribution < 1.29 is 13.9 Å². The molecule has 0 radical (unpaired) electrons. The molecule has 0 unspecified atom stereocenters. The zero-order chi connectivity index (χ0) is 15.7. The highest BCUT2D eigenvalue weighted by atomic mass is 127. The van der Waals surface area contributed by atoms with E-state index in [1.54, 1.807) is 12.1 Å². The second-order valence-corrected chi connectivity index (χ2v) is 5.89. The van der Waals surface area contributed by atoms with Gasteiger partial charge in [0, 0.05) is 9.13 Å². The van der Waals surface area contributed by atoms with Crippen molar-refractivity contribution in [3.63, 3.8) is 0 Å². The summed E-state index contributed by atoms with van der Waals surface area (Å²) in [6, 6.07) is 4.43. The third-order valence-electron chi connectivity index (χ3n) is 2.68. The maximum atomic E-state index is 13.7. The number of hydrogen-bond acceptors (Lipinski definition) is 4. The Morgan fingerprint density at radius 3 is 2.62 bits per heavy atom. The number of nitrogens with two attached hydrogens (primary N) is 1. The van der Waals surface area contributed by atoms with E-state index in [1.807, 2.05) is 22.6 Å². The smallest absolute Gasteiger partial charge is 0.358 e. The minimum Gasteiger partial charge on any atom is -0.464 e. The minimum absolute atomic E-state index is 0.0114. The second-order valence-electron chi connectivity index (χ2n) is 3.97. The lowest BCUT2D eigenvalue weighted by atomic mass is 10.1. The number of benzene rings is 1. The first-order valence-electron chi connectivity index (χ1n) is 5.55. The molecule has 2 aromatic rings. The fraction of sp³-hybridized carbons (Fsp3) is 0.0769. The lowest BCUT2D eigenvalue weighted by molar-refractivity contribution is 0.0594. The van der Waals surface area contributed by atoms with Crippen LogP contribution in [0.15, 0.2) is 18.2 Å². The predicted octanol–water partition coefficient (Wildman–Crippen LogP) is 4.17. The number of pyridine rings is 1. The topological polar surface area (TPSA) is 65.2 Å². The van der Waals surface area contributed by atoms with Gasteiger partial charge in [0.15, 0.2) is 5.69 Å². The van der Waals surface area contributed by atoms with Crippen molar-refractivity contribution in [1.82, 2.24) is 4.98 Å². The Labute approximate surface area is 143 Å². The highest BCUT2D eigenvalue weighted by Crippen LogP contribution is 2.37. The predicted molar refractivity (Wildman–Crippen MR) is 88.1 cm³/mol. The van der Waals surface area contributed by atoms with Gasteiger partial charge in [0.25, 0.3) is 0 Å². The Balaban J connectivity index is 2.71. The fourth-order valence-electron chi connectivity index (χ4n) is 1.63. The van der Waals surface area contributed by atoms with Gasteiger partial charge in [-0.05, 0) is 34.7 Å². The zero-order valence-corrected chi connectivity index (χ0v) is 14.3. The molecule has 4 nitrogen and oxygen atoms in total. The Morgan fingerprint density at radius 1 is 1.38 bits per heavy atom. The van der Waals surface area contributed by atoms with Crippen LogP contribution in [0.3, 0.4) is 0 Å². The quantitative estimate of drug-likeness (QED) is 0.562. The molecule has 0 saturated heterocycles. The molecule has 0 saturated carbocycles. The molecule has 0 aliphatic heterocycles. The Kier molecular flexibility index (Phi) is 4.90. The van der Waals surface area contributed by atoms with Crippen LogP contribution in [0.2, 0.25) is 10.0 Å². The zero-order valence-electron chi connectivity index (χ0n) is 10.6. The molecule has 2 rings (SSSR count). The second kappa shape index (κ2) is 6.33. The summed E-state index contributed by atoms with van der Waals surface area (Å²) in [5.74, 6) is -1.19. The van der Waals surface area contributed by atoms with E-state index in [2.05, 4.69) is 9.72 Å². The summed E-state index contributed by atoms with van der Waals surface area (Å²) >= 11 is 13.9. The first kappa shape index (κ1) is 16.3. The molecule has 21 heavy (non-hydrogen) atoms. The van der Waals surface area contributed by atoms with E-state index in [0.29, 0.717) is 9.13 Å². The van der Waals surface area contributed by atoms with Crippen molar-refractivity contribution >= 4 is 57.4 Å². The first-order chi connectivity index (χ1) is 9.86. The number of hydrogen-bond donors (Lipinski definition) is 1. The molecular formula is C13H8Cl2FIN2O2. The molecule has 0 bridgehead atoms. The molecule has 0 aliphatic carbocycles. The highest BCUT2D eigenvalue weighted by Gasteiger charge is 2.22. The fourth-order valence-corrected chi connectivity index (χ4v) is 2.47. The van der Waals surface area contributed by atoms with E-state index >= 15 is 0 Å². The third kappa shape index (κ3) is 3.07. The van der Waals surface area contributed by atoms with Crippen LogP contribution >= 0.6 is 45.8 Å². The van der Waals surface area contributed by atoms with E-state index in [4.69, 9.17) is 28.9 Å². The van der Waals surface area contributed by atoms with E-state index in [-0.39, 0.29) is 27.1 Å². The van der Waals surface area contributed by atoms with Gasteiger partial charge in [0.2, 0.25) is 0 Å². The molecule has 1 heterocycles. The van der Waals surface area contributed by atoms with E-state index < -0.39 is 11.8 Å². The van der Waals surface area contributed by atoms with Gasteiger partial charge in [-0.15, -0.1) is 0 Å². The maximum absolute atomic E-state index is 13.7. The molecule has 0 amide bonds. The molecule has 0 atom stereocenters. The molecule has 1 aromatic carbocycles. The van der Waals surface area contributed by atoms with Crippen LogP contribution in [-0.4, -0.2) is 18.1 Å². The SMILES string of the molecule is COC(=O)c1nc(-c2ccc(I)c(F)c2)c(Cl)c(N)c1Cl. The van der Waals surface area contributed by atoms with Crippen molar-refractivity contribution in [3.8, 4) is 11.3 Å². The number of carbonyl (C=O) groups is 1. The van der Waals surface area contributed by atoms with Crippen LogP contribution in [0.4, 0.5) is 10.1 Å². The minimum atomic E-state index is -0.754. The van der Waals surface area contributed by atoms with E-state index in [1.165, 1.54) is 13.2 Å². The van der Waals surface area contributed by atoms with Crippen molar-refractivity contribution in [2.75, 3.05) is 12.8 Å². The average Bonchev–Trinajstić information content (AvgIpc) is 2.47. The van der Waals surface area contributed by atoms with Crippen LogP contribution in [0, 0.1) is 9.39 Å². The molecule has 1 aromatic heterocycles. The standard InChI is InChI=1S/C13H8Cl2FIN2O2/c1-21-13(20)12-9(15)10(18)8(14)11(19-12)5-2-3-7(17)6(16)4-5/h2-4H,1H3,(H2,18,19). The maximum Gasteiger partial charge on any atom is 0.358 e. The van der Waals surface area contributed by atoms with Crippen LogP contribution < -0.4 is 5.73 Å². The van der Waals surface area contributed by atoms with E-state index in [0.717, 1.165) is 0 Å². The van der Waals surface area contributed by atoms with Crippen LogP contribution in [0.25, 0.3) is 11.3 Å². The number of methoxy groups -OCH3 is 1. The summed E-state index contributed by atoms with van der Waals surface area (Å²) < 4.78 is 18.7. The van der Waals surface area contributed by atoms with Crippen molar-refractivity contribution in [2.45, 2.75) is 0 Å². The summed E-state index contributed by atoms with van der Waals surface area (Å²) in [4.78, 5) is 15.7. The lowest BCUT2D eigenvalue weighted by Crippen LogP contribution is -2.09. The number of aromatic nitrogens is 1. The van der Waals surface area contributed by atoms with Gasteiger partial charge in [0.1, 0.15) is 5.82 Å². The number of ether oxygens (including phenoxy) is 1.